The summed E-state index contributed by atoms with van der Waals surface area (Å²) in [6.45, 7) is 2.24. The Balaban J connectivity index is 0. The predicted molar refractivity (Wildman–Crippen MR) is 60.1 cm³/mol. The van der Waals surface area contributed by atoms with E-state index in [1.54, 1.807) is 0 Å². The Labute approximate surface area is 117 Å². The molecule has 0 atom stereocenters. The third kappa shape index (κ3) is 17.5. The van der Waals surface area contributed by atoms with Crippen molar-refractivity contribution < 1.29 is 39.8 Å². The maximum absolute atomic E-state index is 8.61. The van der Waals surface area contributed by atoms with Crippen molar-refractivity contribution in [3.05, 3.63) is 0 Å². The molecule has 0 bridgehead atoms. The normalized spacial score (nSPS) is 10.4. The van der Waals surface area contributed by atoms with E-state index in [1.807, 2.05) is 0 Å². The van der Waals surface area contributed by atoms with Gasteiger partial charge in [-0.1, -0.05) is 58.3 Å². The van der Waals surface area contributed by atoms with Gasteiger partial charge >= 0.3 is 29.6 Å². The van der Waals surface area contributed by atoms with Gasteiger partial charge in [0, 0.05) is 0 Å². The molecule has 0 aromatic carbocycles. The monoisotopic (exact) mass is 225 g/mol. The summed E-state index contributed by atoms with van der Waals surface area (Å²) in [4.78, 5) is 0. The predicted octanol–water partition coefficient (Wildman–Crippen LogP) is 0.222. The van der Waals surface area contributed by atoms with Crippen LogP contribution in [-0.2, 0) is 0 Å². The first-order valence-electron chi connectivity index (χ1n) is 6.13. The molecular formula is C12H26NaO2+. The first kappa shape index (κ1) is 18.3. The zero-order valence-electron chi connectivity index (χ0n) is 10.5. The zero-order chi connectivity index (χ0) is 10.6. The molecule has 0 radical (unpaired) electrons. The molecule has 0 heterocycles. The molecule has 86 valence electrons. The van der Waals surface area contributed by atoms with Crippen LogP contribution in [0.1, 0.15) is 71.1 Å². The topological polar surface area (TPSA) is 40.5 Å². The summed E-state index contributed by atoms with van der Waals surface area (Å²) in [6, 6.07) is 0. The van der Waals surface area contributed by atoms with Crippen LogP contribution in [0.4, 0.5) is 0 Å². The molecule has 0 fully saturated rings. The third-order valence-corrected chi connectivity index (χ3v) is 2.57. The fraction of sp³-hybridized carbons (Fsp3) is 1.00. The second kappa shape index (κ2) is 14.9. The van der Waals surface area contributed by atoms with Crippen LogP contribution in [-0.4, -0.2) is 16.5 Å². The van der Waals surface area contributed by atoms with E-state index in [2.05, 4.69) is 6.92 Å². The van der Waals surface area contributed by atoms with E-state index in [1.165, 1.54) is 44.9 Å². The second-order valence-corrected chi connectivity index (χ2v) is 4.10. The Bertz CT molecular complexity index is 108. The minimum atomic E-state index is -1.10. The zero-order valence-corrected chi connectivity index (χ0v) is 12.5. The van der Waals surface area contributed by atoms with Crippen LogP contribution in [0.5, 0.6) is 0 Å². The van der Waals surface area contributed by atoms with Crippen molar-refractivity contribution in [1.29, 1.82) is 0 Å². The van der Waals surface area contributed by atoms with Crippen molar-refractivity contribution in [3.63, 3.8) is 0 Å². The van der Waals surface area contributed by atoms with Gasteiger partial charge < -0.3 is 10.2 Å². The molecule has 0 aliphatic heterocycles. The van der Waals surface area contributed by atoms with Crippen molar-refractivity contribution in [1.82, 2.24) is 0 Å². The van der Waals surface area contributed by atoms with Gasteiger partial charge in [0.05, 0.1) is 0 Å². The Morgan fingerprint density at radius 3 is 1.53 bits per heavy atom. The van der Waals surface area contributed by atoms with Crippen molar-refractivity contribution in [3.8, 4) is 0 Å². The molecular weight excluding hydrogens is 199 g/mol. The van der Waals surface area contributed by atoms with Gasteiger partial charge in [0.25, 0.3) is 0 Å². The molecule has 3 heteroatoms. The molecule has 0 saturated heterocycles. The van der Waals surface area contributed by atoms with Gasteiger partial charge in [0.1, 0.15) is 0 Å². The van der Waals surface area contributed by atoms with Gasteiger partial charge in [-0.05, 0) is 12.8 Å². The summed E-state index contributed by atoms with van der Waals surface area (Å²) in [5, 5.41) is 17.2. The molecule has 0 aliphatic carbocycles. The van der Waals surface area contributed by atoms with E-state index in [0.29, 0.717) is 6.42 Å². The molecule has 0 aliphatic rings. The number of unbranched alkanes of at least 4 members (excludes halogenated alkanes) is 8. The van der Waals surface area contributed by atoms with Gasteiger partial charge in [0.2, 0.25) is 0 Å². The Morgan fingerprint density at radius 2 is 1.13 bits per heavy atom. The van der Waals surface area contributed by atoms with E-state index in [0.717, 1.165) is 12.8 Å². The quantitative estimate of drug-likeness (QED) is 0.317. The van der Waals surface area contributed by atoms with Crippen LogP contribution >= 0.6 is 0 Å². The third-order valence-electron chi connectivity index (χ3n) is 2.57. The summed E-state index contributed by atoms with van der Waals surface area (Å²) in [7, 11) is 0. The van der Waals surface area contributed by atoms with Crippen LogP contribution in [0, 0.1) is 0 Å². The fourth-order valence-electron chi connectivity index (χ4n) is 1.64. The first-order chi connectivity index (χ1) is 6.77. The number of aliphatic hydroxyl groups is 2. The minimum Gasteiger partial charge on any atom is -0.368 e. The van der Waals surface area contributed by atoms with Crippen LogP contribution in [0.25, 0.3) is 0 Å². The van der Waals surface area contributed by atoms with Crippen molar-refractivity contribution in [2.24, 2.45) is 0 Å². The number of aliphatic hydroxyl groups excluding tert-OH is 1. The Morgan fingerprint density at radius 1 is 0.733 bits per heavy atom. The summed E-state index contributed by atoms with van der Waals surface area (Å²) >= 11 is 0. The van der Waals surface area contributed by atoms with Gasteiger partial charge in [0.15, 0.2) is 6.29 Å². The molecule has 0 aromatic rings. The van der Waals surface area contributed by atoms with E-state index < -0.39 is 6.29 Å². The number of hydrogen-bond acceptors (Lipinski definition) is 2. The summed E-state index contributed by atoms with van der Waals surface area (Å²) in [5.41, 5.74) is 0. The van der Waals surface area contributed by atoms with Gasteiger partial charge in [-0.15, -0.1) is 0 Å². The minimum absolute atomic E-state index is 0. The van der Waals surface area contributed by atoms with E-state index in [4.69, 9.17) is 10.2 Å². The maximum atomic E-state index is 8.61. The second-order valence-electron chi connectivity index (χ2n) is 4.10. The molecule has 2 nitrogen and oxygen atoms in total. The summed E-state index contributed by atoms with van der Waals surface area (Å²) in [5.74, 6) is 0. The van der Waals surface area contributed by atoms with Crippen LogP contribution < -0.4 is 29.6 Å². The molecule has 0 saturated carbocycles. The van der Waals surface area contributed by atoms with E-state index in [9.17, 15) is 0 Å². The van der Waals surface area contributed by atoms with Gasteiger partial charge in [-0.3, -0.25) is 0 Å². The van der Waals surface area contributed by atoms with Crippen LogP contribution in [0.3, 0.4) is 0 Å². The van der Waals surface area contributed by atoms with Crippen LogP contribution in [0.2, 0.25) is 0 Å². The largest absolute Gasteiger partial charge is 1.00 e. The van der Waals surface area contributed by atoms with Crippen molar-refractivity contribution in [2.45, 2.75) is 77.4 Å². The smallest absolute Gasteiger partial charge is 0.368 e. The van der Waals surface area contributed by atoms with Crippen molar-refractivity contribution in [2.75, 3.05) is 0 Å². The van der Waals surface area contributed by atoms with Gasteiger partial charge in [-0.25, -0.2) is 0 Å². The van der Waals surface area contributed by atoms with Gasteiger partial charge in [-0.2, -0.15) is 0 Å². The van der Waals surface area contributed by atoms with E-state index >= 15 is 0 Å². The van der Waals surface area contributed by atoms with Crippen LogP contribution in [0.15, 0.2) is 0 Å². The molecule has 15 heavy (non-hydrogen) atoms. The average Bonchev–Trinajstić information content (AvgIpc) is 2.15. The summed E-state index contributed by atoms with van der Waals surface area (Å²) in [6.07, 6.45) is 10.9. The average molecular weight is 225 g/mol. The van der Waals surface area contributed by atoms with E-state index in [-0.39, 0.29) is 29.6 Å². The number of rotatable bonds is 10. The molecule has 0 unspecified atom stereocenters. The standard InChI is InChI=1S/C12H26O2.Na/c1-2-3-4-5-6-7-8-9-10-11-12(13)14;/h12-14H,2-11H2,1H3;/q;+1. The molecule has 2 N–H and O–H groups in total. The molecule has 0 amide bonds. The molecule has 0 rings (SSSR count). The fourth-order valence-corrected chi connectivity index (χ4v) is 1.64. The Hall–Kier alpha value is 0.920. The number of hydrogen-bond donors (Lipinski definition) is 2. The Kier molecular flexibility index (Phi) is 18.2. The SMILES string of the molecule is CCCCCCCCCCCC(O)O.[Na+]. The molecule has 0 aromatic heterocycles. The maximum Gasteiger partial charge on any atom is 1.00 e. The first-order valence-corrected chi connectivity index (χ1v) is 6.13. The molecule has 0 spiro atoms. The van der Waals surface area contributed by atoms with Crippen molar-refractivity contribution >= 4 is 0 Å². The summed E-state index contributed by atoms with van der Waals surface area (Å²) < 4.78 is 0.